The van der Waals surface area contributed by atoms with E-state index < -0.39 is 0 Å². The molecular formula is C16H27BrN2S. The van der Waals surface area contributed by atoms with E-state index in [0.29, 0.717) is 0 Å². The van der Waals surface area contributed by atoms with E-state index in [1.165, 1.54) is 48.2 Å². The van der Waals surface area contributed by atoms with Crippen LogP contribution in [0.5, 0.6) is 0 Å². The summed E-state index contributed by atoms with van der Waals surface area (Å²) < 4.78 is 1.20. The first-order valence-electron chi connectivity index (χ1n) is 7.81. The summed E-state index contributed by atoms with van der Waals surface area (Å²) in [6, 6.07) is 2.21. The highest BCUT2D eigenvalue weighted by atomic mass is 79.9. The number of rotatable bonds is 6. The van der Waals surface area contributed by atoms with Gasteiger partial charge in [-0.15, -0.1) is 11.3 Å². The van der Waals surface area contributed by atoms with Gasteiger partial charge in [0.2, 0.25) is 0 Å². The van der Waals surface area contributed by atoms with Gasteiger partial charge in [-0.3, -0.25) is 0 Å². The Morgan fingerprint density at radius 3 is 2.95 bits per heavy atom. The molecule has 2 heterocycles. The summed E-state index contributed by atoms with van der Waals surface area (Å²) in [5.41, 5.74) is 0. The summed E-state index contributed by atoms with van der Waals surface area (Å²) in [6.07, 6.45) is 4.18. The van der Waals surface area contributed by atoms with E-state index in [1.54, 1.807) is 0 Å². The number of nitrogens with zero attached hydrogens (tertiary/aromatic N) is 1. The van der Waals surface area contributed by atoms with Gasteiger partial charge in [-0.1, -0.05) is 13.8 Å². The Balaban J connectivity index is 1.62. The lowest BCUT2D eigenvalue weighted by molar-refractivity contribution is 0.271. The minimum absolute atomic E-state index is 0.852. The van der Waals surface area contributed by atoms with Crippen molar-refractivity contribution in [3.8, 4) is 0 Å². The van der Waals surface area contributed by atoms with Crippen molar-refractivity contribution < 1.29 is 0 Å². The second kappa shape index (κ2) is 8.52. The highest BCUT2D eigenvalue weighted by molar-refractivity contribution is 9.10. The molecule has 2 nitrogen and oxygen atoms in total. The molecule has 114 valence electrons. The zero-order chi connectivity index (χ0) is 14.4. The predicted octanol–water partition coefficient (Wildman–Crippen LogP) is 4.36. The van der Waals surface area contributed by atoms with Crippen LogP contribution < -0.4 is 5.32 Å². The summed E-state index contributed by atoms with van der Waals surface area (Å²) in [4.78, 5) is 4.05. The molecule has 0 aliphatic carbocycles. The van der Waals surface area contributed by atoms with E-state index in [2.05, 4.69) is 51.4 Å². The van der Waals surface area contributed by atoms with E-state index in [0.717, 1.165) is 24.9 Å². The number of thiophene rings is 1. The average Bonchev–Trinajstić information content (AvgIpc) is 2.69. The summed E-state index contributed by atoms with van der Waals surface area (Å²) in [5.74, 6) is 1.79. The van der Waals surface area contributed by atoms with Gasteiger partial charge >= 0.3 is 0 Å². The fraction of sp³-hybridized carbons (Fsp3) is 0.750. The van der Waals surface area contributed by atoms with Crippen LogP contribution >= 0.6 is 27.3 Å². The molecule has 1 unspecified atom stereocenters. The molecule has 4 heteroatoms. The normalized spacial score (nSPS) is 21.3. The van der Waals surface area contributed by atoms with Crippen LogP contribution in [0.1, 0.15) is 38.0 Å². The van der Waals surface area contributed by atoms with Gasteiger partial charge in [0, 0.05) is 34.4 Å². The third-order valence-electron chi connectivity index (χ3n) is 4.33. The monoisotopic (exact) mass is 358 g/mol. The highest BCUT2D eigenvalue weighted by Crippen LogP contribution is 2.24. The molecule has 1 fully saturated rings. The molecule has 2 rings (SSSR count). The Labute approximate surface area is 136 Å². The molecule has 0 amide bonds. The van der Waals surface area contributed by atoms with Crippen LogP contribution in [0.4, 0.5) is 0 Å². The maximum atomic E-state index is 3.56. The molecule has 1 aromatic heterocycles. The Kier molecular flexibility index (Phi) is 7.02. The van der Waals surface area contributed by atoms with E-state index >= 15 is 0 Å². The molecule has 0 spiro atoms. The van der Waals surface area contributed by atoms with Crippen molar-refractivity contribution >= 4 is 27.3 Å². The predicted molar refractivity (Wildman–Crippen MR) is 92.3 cm³/mol. The Bertz CT molecular complexity index is 392. The van der Waals surface area contributed by atoms with Crippen LogP contribution in [0.25, 0.3) is 0 Å². The second-order valence-electron chi connectivity index (χ2n) is 6.18. The maximum absolute atomic E-state index is 3.56. The summed E-state index contributed by atoms with van der Waals surface area (Å²) in [7, 11) is 0. The lowest BCUT2D eigenvalue weighted by Crippen LogP contribution is -2.32. The van der Waals surface area contributed by atoms with Gasteiger partial charge in [-0.05, 0) is 66.2 Å². The minimum Gasteiger partial charge on any atom is -0.311 e. The molecule has 1 atom stereocenters. The first-order chi connectivity index (χ1) is 9.65. The van der Waals surface area contributed by atoms with Crippen molar-refractivity contribution in [1.82, 2.24) is 10.2 Å². The third kappa shape index (κ3) is 5.47. The fourth-order valence-corrected chi connectivity index (χ4v) is 4.39. The molecule has 0 bridgehead atoms. The Hall–Kier alpha value is 0.1000. The Morgan fingerprint density at radius 1 is 1.40 bits per heavy atom. The van der Waals surface area contributed by atoms with Crippen molar-refractivity contribution in [2.45, 2.75) is 39.7 Å². The minimum atomic E-state index is 0.852. The van der Waals surface area contributed by atoms with Crippen LogP contribution in [0, 0.1) is 11.8 Å². The summed E-state index contributed by atoms with van der Waals surface area (Å²) in [6.45, 7) is 10.6. The summed E-state index contributed by atoms with van der Waals surface area (Å²) >= 11 is 5.32. The van der Waals surface area contributed by atoms with Gasteiger partial charge in [0.1, 0.15) is 0 Å². The van der Waals surface area contributed by atoms with Crippen LogP contribution in [0.2, 0.25) is 0 Å². The lowest BCUT2D eigenvalue weighted by atomic mass is 9.89. The molecule has 0 radical (unpaired) electrons. The average molecular weight is 359 g/mol. The van der Waals surface area contributed by atoms with E-state index in [9.17, 15) is 0 Å². The molecule has 1 saturated heterocycles. The molecule has 1 aliphatic heterocycles. The second-order valence-corrected chi connectivity index (χ2v) is 8.10. The standard InChI is InChI=1S/C16H27BrN2S/c1-13(2)14-4-3-7-19(8-5-14)9-6-18-11-16-10-15(17)12-20-16/h10,12-14,18H,3-9,11H2,1-2H3. The van der Waals surface area contributed by atoms with Gasteiger partial charge in [0.25, 0.3) is 0 Å². The van der Waals surface area contributed by atoms with Crippen molar-refractivity contribution in [2.75, 3.05) is 26.2 Å². The van der Waals surface area contributed by atoms with Gasteiger partial charge in [-0.2, -0.15) is 0 Å². The largest absolute Gasteiger partial charge is 0.311 e. The topological polar surface area (TPSA) is 15.3 Å². The highest BCUT2D eigenvalue weighted by Gasteiger charge is 2.18. The quantitative estimate of drug-likeness (QED) is 0.760. The fourth-order valence-electron chi connectivity index (χ4n) is 2.97. The van der Waals surface area contributed by atoms with Crippen molar-refractivity contribution in [1.29, 1.82) is 0 Å². The van der Waals surface area contributed by atoms with E-state index in [4.69, 9.17) is 0 Å². The first-order valence-corrected chi connectivity index (χ1v) is 9.48. The summed E-state index contributed by atoms with van der Waals surface area (Å²) in [5, 5.41) is 5.72. The van der Waals surface area contributed by atoms with E-state index in [1.807, 2.05) is 11.3 Å². The lowest BCUT2D eigenvalue weighted by Gasteiger charge is -2.21. The van der Waals surface area contributed by atoms with Gasteiger partial charge in [-0.25, -0.2) is 0 Å². The molecular weight excluding hydrogens is 332 g/mol. The smallest absolute Gasteiger partial charge is 0.0300 e. The number of likely N-dealkylation sites (tertiary alicyclic amines) is 1. The molecule has 0 aromatic carbocycles. The van der Waals surface area contributed by atoms with Crippen LogP contribution in [-0.4, -0.2) is 31.1 Å². The number of halogens is 1. The molecule has 0 saturated carbocycles. The molecule has 1 N–H and O–H groups in total. The number of nitrogens with one attached hydrogen (secondary N) is 1. The zero-order valence-electron chi connectivity index (χ0n) is 12.7. The molecule has 20 heavy (non-hydrogen) atoms. The van der Waals surface area contributed by atoms with Crippen LogP contribution in [-0.2, 0) is 6.54 Å². The molecule has 1 aromatic rings. The maximum Gasteiger partial charge on any atom is 0.0300 e. The zero-order valence-corrected chi connectivity index (χ0v) is 15.1. The van der Waals surface area contributed by atoms with Crippen molar-refractivity contribution in [3.63, 3.8) is 0 Å². The third-order valence-corrected chi connectivity index (χ3v) is 6.03. The van der Waals surface area contributed by atoms with Crippen molar-refractivity contribution in [2.24, 2.45) is 11.8 Å². The van der Waals surface area contributed by atoms with Gasteiger partial charge < -0.3 is 10.2 Å². The van der Waals surface area contributed by atoms with Gasteiger partial charge in [0.05, 0.1) is 0 Å². The molecule has 1 aliphatic rings. The Morgan fingerprint density at radius 2 is 2.25 bits per heavy atom. The number of hydrogen-bond donors (Lipinski definition) is 1. The van der Waals surface area contributed by atoms with E-state index in [-0.39, 0.29) is 0 Å². The number of hydrogen-bond acceptors (Lipinski definition) is 3. The first kappa shape index (κ1) is 16.5. The van der Waals surface area contributed by atoms with Crippen LogP contribution in [0.3, 0.4) is 0 Å². The van der Waals surface area contributed by atoms with Crippen molar-refractivity contribution in [3.05, 3.63) is 20.8 Å². The van der Waals surface area contributed by atoms with Crippen LogP contribution in [0.15, 0.2) is 15.9 Å². The van der Waals surface area contributed by atoms with Gasteiger partial charge in [0.15, 0.2) is 0 Å². The SMILES string of the molecule is CC(C)C1CCCN(CCNCc2cc(Br)cs2)CC1.